The molecule has 1 aliphatic carbocycles. The van der Waals surface area contributed by atoms with E-state index in [-0.39, 0.29) is 18.1 Å². The van der Waals surface area contributed by atoms with E-state index in [4.69, 9.17) is 15.2 Å². The standard InChI is InChI=1S/C17H22N4O3/c1-23-13-4-2-3-5-14(13)24-15-10-19-17(18)21-16(15)20-11-6-8-12(22)9-7-11/h2-5,10-12,22H,6-9H2,1H3,(H3,18,19,20,21). The molecular formula is C17H22N4O3. The van der Waals surface area contributed by atoms with Crippen LogP contribution in [-0.2, 0) is 0 Å². The number of methoxy groups -OCH3 is 1. The van der Waals surface area contributed by atoms with Gasteiger partial charge in [0.2, 0.25) is 5.95 Å². The number of aliphatic hydroxyl groups excluding tert-OH is 1. The average Bonchev–Trinajstić information content (AvgIpc) is 2.60. The van der Waals surface area contributed by atoms with Crippen molar-refractivity contribution < 1.29 is 14.6 Å². The van der Waals surface area contributed by atoms with Crippen molar-refractivity contribution in [3.05, 3.63) is 30.5 Å². The molecule has 2 aromatic rings. The summed E-state index contributed by atoms with van der Waals surface area (Å²) in [5, 5.41) is 13.0. The van der Waals surface area contributed by atoms with E-state index in [9.17, 15) is 5.11 Å². The van der Waals surface area contributed by atoms with Crippen LogP contribution in [0, 0.1) is 0 Å². The zero-order valence-electron chi connectivity index (χ0n) is 13.6. The molecule has 1 saturated carbocycles. The molecule has 1 aliphatic rings. The molecule has 128 valence electrons. The number of nitrogen functional groups attached to an aromatic ring is 1. The van der Waals surface area contributed by atoms with Gasteiger partial charge in [0.15, 0.2) is 23.1 Å². The minimum atomic E-state index is -0.206. The van der Waals surface area contributed by atoms with Gasteiger partial charge in [0.1, 0.15) is 0 Å². The van der Waals surface area contributed by atoms with Crippen LogP contribution in [0.5, 0.6) is 17.2 Å². The SMILES string of the molecule is COc1ccccc1Oc1cnc(N)nc1NC1CCC(O)CC1. The third-order valence-electron chi connectivity index (χ3n) is 4.10. The third kappa shape index (κ3) is 3.86. The number of rotatable bonds is 5. The number of hydrogen-bond acceptors (Lipinski definition) is 7. The first-order chi connectivity index (χ1) is 11.7. The van der Waals surface area contributed by atoms with Crippen molar-refractivity contribution in [2.45, 2.75) is 37.8 Å². The zero-order chi connectivity index (χ0) is 16.9. The Bertz CT molecular complexity index is 687. The maximum absolute atomic E-state index is 9.63. The van der Waals surface area contributed by atoms with Crippen molar-refractivity contribution >= 4 is 11.8 Å². The highest BCUT2D eigenvalue weighted by Gasteiger charge is 2.21. The number of hydrogen-bond donors (Lipinski definition) is 3. The second-order valence-electron chi connectivity index (χ2n) is 5.84. The zero-order valence-corrected chi connectivity index (χ0v) is 13.6. The first-order valence-electron chi connectivity index (χ1n) is 8.03. The maximum Gasteiger partial charge on any atom is 0.222 e. The summed E-state index contributed by atoms with van der Waals surface area (Å²) < 4.78 is 11.2. The average molecular weight is 330 g/mol. The van der Waals surface area contributed by atoms with Gasteiger partial charge in [0.05, 0.1) is 19.4 Å². The number of aliphatic hydroxyl groups is 1. The van der Waals surface area contributed by atoms with Gasteiger partial charge < -0.3 is 25.6 Å². The van der Waals surface area contributed by atoms with Crippen LogP contribution < -0.4 is 20.5 Å². The lowest BCUT2D eigenvalue weighted by molar-refractivity contribution is 0.126. The molecule has 7 nitrogen and oxygen atoms in total. The molecular weight excluding hydrogens is 308 g/mol. The van der Waals surface area contributed by atoms with E-state index in [0.29, 0.717) is 23.1 Å². The van der Waals surface area contributed by atoms with Crippen LogP contribution in [0.25, 0.3) is 0 Å². The first-order valence-corrected chi connectivity index (χ1v) is 8.03. The van der Waals surface area contributed by atoms with Crippen molar-refractivity contribution in [3.8, 4) is 17.2 Å². The quantitative estimate of drug-likeness (QED) is 0.774. The summed E-state index contributed by atoms with van der Waals surface area (Å²) in [6.07, 6.45) is 4.65. The highest BCUT2D eigenvalue weighted by atomic mass is 16.5. The van der Waals surface area contributed by atoms with E-state index in [0.717, 1.165) is 25.7 Å². The van der Waals surface area contributed by atoms with Crippen molar-refractivity contribution in [1.82, 2.24) is 9.97 Å². The van der Waals surface area contributed by atoms with Gasteiger partial charge in [-0.2, -0.15) is 4.98 Å². The summed E-state index contributed by atoms with van der Waals surface area (Å²) in [5.41, 5.74) is 5.72. The number of benzene rings is 1. The van der Waals surface area contributed by atoms with Crippen LogP contribution in [0.2, 0.25) is 0 Å². The topological polar surface area (TPSA) is 103 Å². The number of nitrogens with two attached hydrogens (primary N) is 1. The molecule has 7 heteroatoms. The van der Waals surface area contributed by atoms with Crippen LogP contribution in [0.4, 0.5) is 11.8 Å². The Morgan fingerprint density at radius 2 is 1.83 bits per heavy atom. The molecule has 0 unspecified atom stereocenters. The predicted molar refractivity (Wildman–Crippen MR) is 91.4 cm³/mol. The van der Waals surface area contributed by atoms with Gasteiger partial charge in [0.25, 0.3) is 0 Å². The number of anilines is 2. The molecule has 0 aliphatic heterocycles. The lowest BCUT2D eigenvalue weighted by Gasteiger charge is -2.27. The van der Waals surface area contributed by atoms with Gasteiger partial charge in [-0.1, -0.05) is 12.1 Å². The van der Waals surface area contributed by atoms with Crippen molar-refractivity contribution in [2.24, 2.45) is 0 Å². The summed E-state index contributed by atoms with van der Waals surface area (Å²) in [6, 6.07) is 7.60. The molecule has 1 aromatic heterocycles. The van der Waals surface area contributed by atoms with Crippen LogP contribution >= 0.6 is 0 Å². The van der Waals surface area contributed by atoms with Gasteiger partial charge in [0, 0.05) is 6.04 Å². The fourth-order valence-corrected chi connectivity index (χ4v) is 2.80. The Morgan fingerprint density at radius 1 is 1.12 bits per heavy atom. The van der Waals surface area contributed by atoms with E-state index in [2.05, 4.69) is 15.3 Å². The number of nitrogens with zero attached hydrogens (tertiary/aromatic N) is 2. The first kappa shape index (κ1) is 16.3. The van der Waals surface area contributed by atoms with Gasteiger partial charge in [-0.25, -0.2) is 4.98 Å². The number of ether oxygens (including phenoxy) is 2. The molecule has 1 fully saturated rings. The maximum atomic E-state index is 9.63. The van der Waals surface area contributed by atoms with E-state index < -0.39 is 0 Å². The van der Waals surface area contributed by atoms with E-state index in [1.165, 1.54) is 0 Å². The van der Waals surface area contributed by atoms with Crippen molar-refractivity contribution in [1.29, 1.82) is 0 Å². The van der Waals surface area contributed by atoms with Gasteiger partial charge in [-0.15, -0.1) is 0 Å². The second-order valence-corrected chi connectivity index (χ2v) is 5.84. The fraction of sp³-hybridized carbons (Fsp3) is 0.412. The molecule has 3 rings (SSSR count). The normalized spacial score (nSPS) is 20.4. The molecule has 4 N–H and O–H groups in total. The molecule has 0 saturated heterocycles. The van der Waals surface area contributed by atoms with Gasteiger partial charge in [-0.3, -0.25) is 0 Å². The summed E-state index contributed by atoms with van der Waals surface area (Å²) in [5.74, 6) is 2.42. The van der Waals surface area contributed by atoms with Crippen LogP contribution in [0.1, 0.15) is 25.7 Å². The Kier molecular flexibility index (Phi) is 5.00. The molecule has 0 bridgehead atoms. The van der Waals surface area contributed by atoms with Crippen molar-refractivity contribution in [3.63, 3.8) is 0 Å². The van der Waals surface area contributed by atoms with Gasteiger partial charge in [-0.05, 0) is 37.8 Å². The van der Waals surface area contributed by atoms with E-state index in [1.54, 1.807) is 13.3 Å². The Labute approximate surface area is 140 Å². The molecule has 1 aromatic carbocycles. The Hall–Kier alpha value is -2.54. The number of para-hydroxylation sites is 2. The third-order valence-corrected chi connectivity index (χ3v) is 4.10. The molecule has 24 heavy (non-hydrogen) atoms. The molecule has 0 atom stereocenters. The summed E-state index contributed by atoms with van der Waals surface area (Å²) in [6.45, 7) is 0. The molecule has 0 amide bonds. The van der Waals surface area contributed by atoms with E-state index in [1.807, 2.05) is 24.3 Å². The summed E-state index contributed by atoms with van der Waals surface area (Å²) in [7, 11) is 1.59. The Balaban J connectivity index is 1.80. The molecule has 0 spiro atoms. The second kappa shape index (κ2) is 7.35. The van der Waals surface area contributed by atoms with Crippen LogP contribution in [0.3, 0.4) is 0 Å². The molecule has 1 heterocycles. The Morgan fingerprint density at radius 3 is 2.54 bits per heavy atom. The van der Waals surface area contributed by atoms with Crippen molar-refractivity contribution in [2.75, 3.05) is 18.2 Å². The lowest BCUT2D eigenvalue weighted by atomic mass is 9.93. The minimum Gasteiger partial charge on any atom is -0.493 e. The lowest BCUT2D eigenvalue weighted by Crippen LogP contribution is -2.28. The van der Waals surface area contributed by atoms with Crippen LogP contribution in [-0.4, -0.2) is 34.3 Å². The highest BCUT2D eigenvalue weighted by Crippen LogP contribution is 2.35. The smallest absolute Gasteiger partial charge is 0.222 e. The van der Waals surface area contributed by atoms with Gasteiger partial charge >= 0.3 is 0 Å². The largest absolute Gasteiger partial charge is 0.493 e. The number of aromatic nitrogens is 2. The predicted octanol–water partition coefficient (Wildman–Crippen LogP) is 2.58. The van der Waals surface area contributed by atoms with Crippen LogP contribution in [0.15, 0.2) is 30.5 Å². The number of nitrogens with one attached hydrogen (secondary N) is 1. The summed E-state index contributed by atoms with van der Waals surface area (Å²) >= 11 is 0. The molecule has 0 radical (unpaired) electrons. The minimum absolute atomic E-state index is 0.181. The highest BCUT2D eigenvalue weighted by molar-refractivity contribution is 5.55. The fourth-order valence-electron chi connectivity index (χ4n) is 2.80. The van der Waals surface area contributed by atoms with E-state index >= 15 is 0 Å². The summed E-state index contributed by atoms with van der Waals surface area (Å²) in [4.78, 5) is 8.28. The monoisotopic (exact) mass is 330 g/mol.